The molecular formula is C25H20F2N2O2. The molecule has 0 aliphatic carbocycles. The third kappa shape index (κ3) is 3.72. The first-order valence-corrected chi connectivity index (χ1v) is 9.75. The van der Waals surface area contributed by atoms with Crippen molar-refractivity contribution < 1.29 is 18.4 Å². The van der Waals surface area contributed by atoms with Gasteiger partial charge in [-0.3, -0.25) is 9.59 Å². The van der Waals surface area contributed by atoms with Crippen LogP contribution in [0.4, 0.5) is 20.2 Å². The van der Waals surface area contributed by atoms with E-state index in [1.54, 1.807) is 18.2 Å². The number of rotatable bonds is 4. The van der Waals surface area contributed by atoms with Gasteiger partial charge in [0.25, 0.3) is 11.8 Å². The van der Waals surface area contributed by atoms with Crippen molar-refractivity contribution in [2.45, 2.75) is 20.8 Å². The molecule has 1 heterocycles. The van der Waals surface area contributed by atoms with Gasteiger partial charge in [0.1, 0.15) is 5.70 Å². The molecule has 0 aromatic heterocycles. The molecule has 3 aromatic rings. The van der Waals surface area contributed by atoms with E-state index in [2.05, 4.69) is 5.32 Å². The molecule has 156 valence electrons. The van der Waals surface area contributed by atoms with Crippen LogP contribution in [0.15, 0.2) is 66.4 Å². The summed E-state index contributed by atoms with van der Waals surface area (Å²) in [6.07, 6.45) is 0. The molecule has 3 aromatic carbocycles. The molecule has 0 saturated carbocycles. The van der Waals surface area contributed by atoms with Crippen LogP contribution in [-0.2, 0) is 9.59 Å². The van der Waals surface area contributed by atoms with Gasteiger partial charge in [0.15, 0.2) is 11.6 Å². The van der Waals surface area contributed by atoms with Crippen molar-refractivity contribution >= 4 is 28.8 Å². The summed E-state index contributed by atoms with van der Waals surface area (Å²) >= 11 is 0. The van der Waals surface area contributed by atoms with Crippen molar-refractivity contribution in [3.05, 3.63) is 100 Å². The minimum absolute atomic E-state index is 0.0172. The number of nitrogens with zero attached hydrogens (tertiary/aromatic N) is 1. The standard InChI is InChI=1S/C25H20F2N2O2/c1-14-4-8-18(9-5-14)29-24(30)22(19-10-6-15(2)12-16(19)3)23(25(29)31)28-17-7-11-20(26)21(27)13-17/h4-13,28H,1-3H3. The highest BCUT2D eigenvalue weighted by atomic mass is 19.2. The van der Waals surface area contributed by atoms with E-state index in [4.69, 9.17) is 0 Å². The number of carbonyl (C=O) groups is 2. The van der Waals surface area contributed by atoms with Gasteiger partial charge in [0, 0.05) is 11.8 Å². The maximum absolute atomic E-state index is 13.7. The second kappa shape index (κ2) is 7.80. The fourth-order valence-electron chi connectivity index (χ4n) is 3.64. The van der Waals surface area contributed by atoms with E-state index in [0.29, 0.717) is 11.3 Å². The third-order valence-electron chi connectivity index (χ3n) is 5.22. The second-order valence-corrected chi connectivity index (χ2v) is 7.60. The van der Waals surface area contributed by atoms with Gasteiger partial charge in [0.05, 0.1) is 11.3 Å². The van der Waals surface area contributed by atoms with Gasteiger partial charge in [-0.15, -0.1) is 0 Å². The summed E-state index contributed by atoms with van der Waals surface area (Å²) in [5, 5.41) is 2.85. The van der Waals surface area contributed by atoms with Crippen LogP contribution < -0.4 is 10.2 Å². The molecule has 0 saturated heterocycles. The van der Waals surface area contributed by atoms with Crippen LogP contribution in [-0.4, -0.2) is 11.8 Å². The smallest absolute Gasteiger partial charge is 0.282 e. The summed E-state index contributed by atoms with van der Waals surface area (Å²) in [6.45, 7) is 5.70. The molecule has 31 heavy (non-hydrogen) atoms. The number of anilines is 2. The maximum Gasteiger partial charge on any atom is 0.282 e. The number of hydrogen-bond donors (Lipinski definition) is 1. The molecular weight excluding hydrogens is 398 g/mol. The van der Waals surface area contributed by atoms with Crippen LogP contribution in [0.3, 0.4) is 0 Å². The lowest BCUT2D eigenvalue weighted by Gasteiger charge is -2.16. The molecule has 4 nitrogen and oxygen atoms in total. The first kappa shape index (κ1) is 20.5. The van der Waals surface area contributed by atoms with Gasteiger partial charge in [-0.25, -0.2) is 13.7 Å². The number of aryl methyl sites for hydroxylation is 3. The van der Waals surface area contributed by atoms with E-state index in [-0.39, 0.29) is 17.0 Å². The lowest BCUT2D eigenvalue weighted by Crippen LogP contribution is -2.32. The van der Waals surface area contributed by atoms with E-state index in [9.17, 15) is 18.4 Å². The Labute approximate surface area is 178 Å². The molecule has 0 spiro atoms. The van der Waals surface area contributed by atoms with Gasteiger partial charge >= 0.3 is 0 Å². The summed E-state index contributed by atoms with van der Waals surface area (Å²) < 4.78 is 27.1. The Bertz CT molecular complexity index is 1250. The van der Waals surface area contributed by atoms with Crippen LogP contribution in [0.1, 0.15) is 22.3 Å². The highest BCUT2D eigenvalue weighted by molar-refractivity contribution is 6.46. The minimum Gasteiger partial charge on any atom is -0.350 e. The number of carbonyl (C=O) groups excluding carboxylic acids is 2. The zero-order valence-electron chi connectivity index (χ0n) is 17.3. The van der Waals surface area contributed by atoms with E-state index in [1.165, 1.54) is 6.07 Å². The number of hydrogen-bond acceptors (Lipinski definition) is 3. The highest BCUT2D eigenvalue weighted by Crippen LogP contribution is 2.35. The zero-order valence-corrected chi connectivity index (χ0v) is 17.3. The topological polar surface area (TPSA) is 49.4 Å². The van der Waals surface area contributed by atoms with Gasteiger partial charge in [-0.2, -0.15) is 0 Å². The second-order valence-electron chi connectivity index (χ2n) is 7.60. The largest absolute Gasteiger partial charge is 0.350 e. The predicted octanol–water partition coefficient (Wildman–Crippen LogP) is 5.29. The lowest BCUT2D eigenvalue weighted by molar-refractivity contribution is -0.120. The number of benzene rings is 3. The van der Waals surface area contributed by atoms with E-state index in [0.717, 1.165) is 33.7 Å². The summed E-state index contributed by atoms with van der Waals surface area (Å²) in [7, 11) is 0. The molecule has 0 radical (unpaired) electrons. The molecule has 1 aliphatic rings. The first-order valence-electron chi connectivity index (χ1n) is 9.75. The van der Waals surface area contributed by atoms with Gasteiger partial charge in [-0.05, 0) is 56.2 Å². The summed E-state index contributed by atoms with van der Waals surface area (Å²) in [5.74, 6) is -3.09. The van der Waals surface area contributed by atoms with Crippen LogP contribution in [0.25, 0.3) is 5.57 Å². The van der Waals surface area contributed by atoms with Gasteiger partial charge < -0.3 is 5.32 Å². The maximum atomic E-state index is 13.7. The minimum atomic E-state index is -1.05. The molecule has 4 rings (SSSR count). The normalized spacial score (nSPS) is 13.9. The average molecular weight is 418 g/mol. The van der Waals surface area contributed by atoms with Crippen LogP contribution in [0.5, 0.6) is 0 Å². The molecule has 0 atom stereocenters. The SMILES string of the molecule is Cc1ccc(N2C(=O)C(Nc3ccc(F)c(F)c3)=C(c3ccc(C)cc3C)C2=O)cc1. The van der Waals surface area contributed by atoms with Crippen LogP contribution in [0, 0.1) is 32.4 Å². The Kier molecular flexibility index (Phi) is 5.15. The van der Waals surface area contributed by atoms with E-state index >= 15 is 0 Å². The molecule has 0 fully saturated rings. The Hall–Kier alpha value is -3.80. The number of nitrogens with one attached hydrogen (secondary N) is 1. The monoisotopic (exact) mass is 418 g/mol. The molecule has 1 aliphatic heterocycles. The molecule has 6 heteroatoms. The summed E-state index contributed by atoms with van der Waals surface area (Å²) in [6, 6.07) is 15.8. The number of halogens is 2. The van der Waals surface area contributed by atoms with Crippen molar-refractivity contribution in [2.75, 3.05) is 10.2 Å². The number of imide groups is 1. The summed E-state index contributed by atoms with van der Waals surface area (Å²) in [5.41, 5.74) is 4.24. The lowest BCUT2D eigenvalue weighted by atomic mass is 9.97. The first-order chi connectivity index (χ1) is 14.8. The fraction of sp³-hybridized carbons (Fsp3) is 0.120. The summed E-state index contributed by atoms with van der Waals surface area (Å²) in [4.78, 5) is 27.9. The van der Waals surface area contributed by atoms with E-state index in [1.807, 2.05) is 45.0 Å². The Balaban J connectivity index is 1.85. The van der Waals surface area contributed by atoms with Gasteiger partial charge in [0.2, 0.25) is 0 Å². The van der Waals surface area contributed by atoms with Crippen LogP contribution >= 0.6 is 0 Å². The Morgan fingerprint density at radius 2 is 1.42 bits per heavy atom. The Morgan fingerprint density at radius 1 is 0.742 bits per heavy atom. The van der Waals surface area contributed by atoms with Gasteiger partial charge in [-0.1, -0.05) is 41.5 Å². The molecule has 2 amide bonds. The highest BCUT2D eigenvalue weighted by Gasteiger charge is 2.40. The predicted molar refractivity (Wildman–Crippen MR) is 116 cm³/mol. The molecule has 0 bridgehead atoms. The van der Waals surface area contributed by atoms with Crippen molar-refractivity contribution in [1.82, 2.24) is 0 Å². The molecule has 0 unspecified atom stereocenters. The number of amides is 2. The van der Waals surface area contributed by atoms with Crippen molar-refractivity contribution in [3.8, 4) is 0 Å². The fourth-order valence-corrected chi connectivity index (χ4v) is 3.64. The molecule has 1 N–H and O–H groups in total. The Morgan fingerprint density at radius 3 is 2.06 bits per heavy atom. The van der Waals surface area contributed by atoms with Crippen molar-refractivity contribution in [3.63, 3.8) is 0 Å². The third-order valence-corrected chi connectivity index (χ3v) is 5.22. The quantitative estimate of drug-likeness (QED) is 0.586. The van der Waals surface area contributed by atoms with Crippen molar-refractivity contribution in [2.24, 2.45) is 0 Å². The van der Waals surface area contributed by atoms with Crippen molar-refractivity contribution in [1.29, 1.82) is 0 Å². The van der Waals surface area contributed by atoms with E-state index < -0.39 is 23.4 Å². The van der Waals surface area contributed by atoms with Crippen LogP contribution in [0.2, 0.25) is 0 Å². The zero-order chi connectivity index (χ0) is 22.3. The average Bonchev–Trinajstić information content (AvgIpc) is 2.96.